The first-order chi connectivity index (χ1) is 8.43. The van der Waals surface area contributed by atoms with E-state index in [0.717, 1.165) is 4.47 Å². The predicted octanol–water partition coefficient (Wildman–Crippen LogP) is 1.42. The van der Waals surface area contributed by atoms with Gasteiger partial charge in [0, 0.05) is 24.2 Å². The van der Waals surface area contributed by atoms with Crippen molar-refractivity contribution in [2.75, 3.05) is 25.4 Å². The second-order valence-electron chi connectivity index (χ2n) is 3.76. The lowest BCUT2D eigenvalue weighted by Gasteiger charge is -2.21. The lowest BCUT2D eigenvalue weighted by atomic mass is 10.3. The second kappa shape index (κ2) is 6.51. The maximum Gasteiger partial charge on any atom is 0.245 e. The molecule has 3 N–H and O–H groups in total. The summed E-state index contributed by atoms with van der Waals surface area (Å²) in [4.78, 5) is 0.102. The van der Waals surface area contributed by atoms with Crippen LogP contribution in [0.15, 0.2) is 27.6 Å². The van der Waals surface area contributed by atoms with E-state index in [2.05, 4.69) is 15.9 Å². The summed E-state index contributed by atoms with van der Waals surface area (Å²) < 4.78 is 26.7. The number of halogens is 1. The van der Waals surface area contributed by atoms with Crippen molar-refractivity contribution in [3.63, 3.8) is 0 Å². The number of nitrogens with zero attached hydrogens (tertiary/aromatic N) is 1. The van der Waals surface area contributed by atoms with Crippen molar-refractivity contribution < 1.29 is 13.5 Å². The zero-order valence-electron chi connectivity index (χ0n) is 10.1. The van der Waals surface area contributed by atoms with Crippen molar-refractivity contribution in [1.82, 2.24) is 4.31 Å². The Kier molecular flexibility index (Phi) is 5.58. The predicted molar refractivity (Wildman–Crippen MR) is 74.7 cm³/mol. The first-order valence-electron chi connectivity index (χ1n) is 5.59. The molecule has 1 rings (SSSR count). The average Bonchev–Trinajstić information content (AvgIpc) is 2.29. The zero-order chi connectivity index (χ0) is 13.8. The molecule has 0 saturated heterocycles. The number of rotatable bonds is 6. The van der Waals surface area contributed by atoms with Gasteiger partial charge in [0.15, 0.2) is 0 Å². The molecule has 102 valence electrons. The van der Waals surface area contributed by atoms with E-state index >= 15 is 0 Å². The fourth-order valence-corrected chi connectivity index (χ4v) is 3.55. The average molecular weight is 337 g/mol. The number of nitrogen functional groups attached to an aromatic ring is 1. The highest BCUT2D eigenvalue weighted by Gasteiger charge is 2.24. The fourth-order valence-electron chi connectivity index (χ4n) is 1.59. The molecule has 0 aliphatic carbocycles. The Labute approximate surface area is 116 Å². The smallest absolute Gasteiger partial charge is 0.245 e. The van der Waals surface area contributed by atoms with Gasteiger partial charge in [0.2, 0.25) is 10.0 Å². The van der Waals surface area contributed by atoms with E-state index in [1.807, 2.05) is 0 Å². The van der Waals surface area contributed by atoms with Gasteiger partial charge in [0.1, 0.15) is 4.90 Å². The van der Waals surface area contributed by atoms with Crippen LogP contribution in [-0.4, -0.2) is 37.5 Å². The van der Waals surface area contributed by atoms with Crippen LogP contribution < -0.4 is 5.73 Å². The molecule has 0 aliphatic heterocycles. The van der Waals surface area contributed by atoms with Crippen LogP contribution in [0.1, 0.15) is 13.3 Å². The number of benzene rings is 1. The Morgan fingerprint density at radius 1 is 1.44 bits per heavy atom. The summed E-state index contributed by atoms with van der Waals surface area (Å²) in [6.45, 7) is 2.34. The Hall–Kier alpha value is -0.630. The molecule has 0 aliphatic rings. The Balaban J connectivity index is 3.10. The van der Waals surface area contributed by atoms with Gasteiger partial charge < -0.3 is 10.8 Å². The summed E-state index contributed by atoms with van der Waals surface area (Å²) in [5.41, 5.74) is 5.96. The third-order valence-corrected chi connectivity index (χ3v) is 5.05. The van der Waals surface area contributed by atoms with Crippen molar-refractivity contribution in [1.29, 1.82) is 0 Å². The largest absolute Gasteiger partial charge is 0.398 e. The highest BCUT2D eigenvalue weighted by Crippen LogP contribution is 2.25. The molecular formula is C11H17BrN2O3S. The molecule has 0 amide bonds. The molecule has 0 spiro atoms. The summed E-state index contributed by atoms with van der Waals surface area (Å²) in [6, 6.07) is 4.69. The minimum Gasteiger partial charge on any atom is -0.398 e. The minimum absolute atomic E-state index is 0.0398. The molecule has 0 aromatic heterocycles. The molecule has 0 bridgehead atoms. The Morgan fingerprint density at radius 3 is 2.61 bits per heavy atom. The van der Waals surface area contributed by atoms with Crippen LogP contribution >= 0.6 is 15.9 Å². The molecule has 0 atom stereocenters. The Bertz CT molecular complexity index is 505. The van der Waals surface area contributed by atoms with Gasteiger partial charge in [-0.3, -0.25) is 0 Å². The number of aliphatic hydroxyl groups is 1. The van der Waals surface area contributed by atoms with Crippen molar-refractivity contribution in [2.24, 2.45) is 0 Å². The summed E-state index contributed by atoms with van der Waals surface area (Å²) in [5.74, 6) is 0. The Morgan fingerprint density at radius 2 is 2.11 bits per heavy atom. The van der Waals surface area contributed by atoms with Gasteiger partial charge in [0.25, 0.3) is 0 Å². The van der Waals surface area contributed by atoms with Crippen LogP contribution in [0, 0.1) is 0 Å². The van der Waals surface area contributed by atoms with Crippen molar-refractivity contribution >= 4 is 31.6 Å². The van der Waals surface area contributed by atoms with Crippen molar-refractivity contribution in [2.45, 2.75) is 18.2 Å². The normalized spacial score (nSPS) is 12.0. The molecule has 0 heterocycles. The van der Waals surface area contributed by atoms with Crippen LogP contribution in [0.4, 0.5) is 5.69 Å². The molecule has 18 heavy (non-hydrogen) atoms. The van der Waals surface area contributed by atoms with Crippen LogP contribution in [0.25, 0.3) is 0 Å². The fraction of sp³-hybridized carbons (Fsp3) is 0.455. The van der Waals surface area contributed by atoms with E-state index in [1.165, 1.54) is 10.4 Å². The van der Waals surface area contributed by atoms with Crippen LogP contribution in [-0.2, 0) is 10.0 Å². The van der Waals surface area contributed by atoms with Gasteiger partial charge in [-0.05, 0) is 24.6 Å². The summed E-state index contributed by atoms with van der Waals surface area (Å²) >= 11 is 3.24. The zero-order valence-corrected chi connectivity index (χ0v) is 12.5. The van der Waals surface area contributed by atoms with Gasteiger partial charge in [-0.25, -0.2) is 8.42 Å². The van der Waals surface area contributed by atoms with E-state index in [-0.39, 0.29) is 23.7 Å². The maximum atomic E-state index is 12.4. The summed E-state index contributed by atoms with van der Waals surface area (Å²) in [6.07, 6.45) is 0.406. The van der Waals surface area contributed by atoms with Gasteiger partial charge in [0.05, 0.1) is 5.69 Å². The van der Waals surface area contributed by atoms with E-state index in [9.17, 15) is 8.42 Å². The third kappa shape index (κ3) is 3.44. The second-order valence-corrected chi connectivity index (χ2v) is 6.58. The highest BCUT2D eigenvalue weighted by molar-refractivity contribution is 9.10. The van der Waals surface area contributed by atoms with Gasteiger partial charge in [-0.2, -0.15) is 4.31 Å². The van der Waals surface area contributed by atoms with E-state index in [0.29, 0.717) is 13.0 Å². The molecule has 0 saturated carbocycles. The van der Waals surface area contributed by atoms with Gasteiger partial charge in [-0.15, -0.1) is 0 Å². The van der Waals surface area contributed by atoms with E-state index in [1.54, 1.807) is 19.1 Å². The molecule has 1 aromatic rings. The molecule has 0 unspecified atom stereocenters. The number of nitrogens with two attached hydrogens (primary N) is 1. The highest BCUT2D eigenvalue weighted by atomic mass is 79.9. The number of anilines is 1. The van der Waals surface area contributed by atoms with Gasteiger partial charge >= 0.3 is 0 Å². The molecule has 7 heteroatoms. The standard InChI is InChI=1S/C11H17BrN2O3S/c1-2-14(6-3-7-15)18(16,17)11-5-4-9(12)8-10(11)13/h4-5,8,15H,2-3,6-7,13H2,1H3. The number of aliphatic hydroxyl groups excluding tert-OH is 1. The summed E-state index contributed by atoms with van der Waals surface area (Å²) in [5, 5.41) is 8.79. The number of hydrogen-bond acceptors (Lipinski definition) is 4. The lowest BCUT2D eigenvalue weighted by molar-refractivity contribution is 0.271. The van der Waals surface area contributed by atoms with Crippen molar-refractivity contribution in [3.8, 4) is 0 Å². The molecule has 0 fully saturated rings. The molecule has 5 nitrogen and oxygen atoms in total. The molecule has 0 radical (unpaired) electrons. The summed E-state index contributed by atoms with van der Waals surface area (Å²) in [7, 11) is -3.59. The quantitative estimate of drug-likeness (QED) is 0.769. The lowest BCUT2D eigenvalue weighted by Crippen LogP contribution is -2.32. The third-order valence-electron chi connectivity index (χ3n) is 2.51. The monoisotopic (exact) mass is 336 g/mol. The number of sulfonamides is 1. The first kappa shape index (κ1) is 15.4. The van der Waals surface area contributed by atoms with E-state index < -0.39 is 10.0 Å². The van der Waals surface area contributed by atoms with E-state index in [4.69, 9.17) is 10.8 Å². The van der Waals surface area contributed by atoms with Gasteiger partial charge in [-0.1, -0.05) is 22.9 Å². The maximum absolute atomic E-state index is 12.4. The minimum atomic E-state index is -3.59. The molecular weight excluding hydrogens is 320 g/mol. The molecule has 1 aromatic carbocycles. The van der Waals surface area contributed by atoms with Crippen LogP contribution in [0.5, 0.6) is 0 Å². The topological polar surface area (TPSA) is 83.6 Å². The van der Waals surface area contributed by atoms with Crippen molar-refractivity contribution in [3.05, 3.63) is 22.7 Å². The van der Waals surface area contributed by atoms with Crippen LogP contribution in [0.3, 0.4) is 0 Å². The van der Waals surface area contributed by atoms with Crippen LogP contribution in [0.2, 0.25) is 0 Å². The first-order valence-corrected chi connectivity index (χ1v) is 7.82. The number of hydrogen-bond donors (Lipinski definition) is 2. The SMILES string of the molecule is CCN(CCCO)S(=O)(=O)c1ccc(Br)cc1N.